The maximum Gasteiger partial charge on any atom is 0.262 e. The van der Waals surface area contributed by atoms with Gasteiger partial charge in [0.25, 0.3) is 5.91 Å². The van der Waals surface area contributed by atoms with E-state index in [1.807, 2.05) is 49.4 Å². The van der Waals surface area contributed by atoms with Crippen molar-refractivity contribution in [1.29, 1.82) is 5.26 Å². The molecule has 4 nitrogen and oxygen atoms in total. The van der Waals surface area contributed by atoms with Gasteiger partial charge < -0.3 is 10.1 Å². The third-order valence-electron chi connectivity index (χ3n) is 3.96. The molecule has 1 fully saturated rings. The molecule has 0 atom stereocenters. The molecule has 1 N–H and O–H groups in total. The van der Waals surface area contributed by atoms with Gasteiger partial charge in [-0.05, 0) is 42.2 Å². The molecule has 0 aliphatic heterocycles. The Morgan fingerprint density at radius 2 is 2.12 bits per heavy atom. The number of amides is 1. The fourth-order valence-corrected chi connectivity index (χ4v) is 2.55. The molecule has 4 heteroatoms. The average Bonchev–Trinajstić information content (AvgIpc) is 3.42. The van der Waals surface area contributed by atoms with Gasteiger partial charge in [-0.1, -0.05) is 37.3 Å². The third kappa shape index (κ3) is 3.57. The molecule has 2 aromatic rings. The predicted octanol–water partition coefficient (Wildman–Crippen LogP) is 3.81. The van der Waals surface area contributed by atoms with Gasteiger partial charge in [0.05, 0.1) is 6.61 Å². The Kier molecular flexibility index (Phi) is 4.81. The first kappa shape index (κ1) is 16.1. The Morgan fingerprint density at radius 1 is 1.33 bits per heavy atom. The van der Waals surface area contributed by atoms with Gasteiger partial charge in [-0.15, -0.1) is 0 Å². The highest BCUT2D eigenvalue weighted by atomic mass is 16.5. The van der Waals surface area contributed by atoms with E-state index in [-0.39, 0.29) is 17.5 Å². The summed E-state index contributed by atoms with van der Waals surface area (Å²) < 4.78 is 5.83. The number of nitrogens with zero attached hydrogens (tertiary/aromatic N) is 1. The lowest BCUT2D eigenvalue weighted by Crippen LogP contribution is -2.26. The van der Waals surface area contributed by atoms with E-state index in [9.17, 15) is 10.1 Å². The Labute approximate surface area is 141 Å². The number of nitriles is 1. The lowest BCUT2D eigenvalue weighted by molar-refractivity contribution is -0.117. The monoisotopic (exact) mass is 320 g/mol. The first-order valence-electron chi connectivity index (χ1n) is 8.30. The van der Waals surface area contributed by atoms with Crippen molar-refractivity contribution in [2.75, 3.05) is 6.61 Å². The van der Waals surface area contributed by atoms with Crippen molar-refractivity contribution in [2.45, 2.75) is 32.2 Å². The second-order valence-corrected chi connectivity index (χ2v) is 5.96. The normalized spacial score (nSPS) is 14.2. The molecule has 3 rings (SSSR count). The van der Waals surface area contributed by atoms with Crippen molar-refractivity contribution >= 4 is 22.8 Å². The van der Waals surface area contributed by atoms with Gasteiger partial charge in [-0.3, -0.25) is 4.79 Å². The number of ether oxygens (including phenoxy) is 1. The first-order valence-corrected chi connectivity index (χ1v) is 8.30. The molecular formula is C20H20N2O2. The molecule has 2 aromatic carbocycles. The first-order chi connectivity index (χ1) is 11.7. The van der Waals surface area contributed by atoms with Gasteiger partial charge in [-0.2, -0.15) is 5.26 Å². The van der Waals surface area contributed by atoms with E-state index in [0.29, 0.717) is 12.4 Å². The molecule has 1 saturated carbocycles. The second-order valence-electron chi connectivity index (χ2n) is 5.96. The summed E-state index contributed by atoms with van der Waals surface area (Å²) in [7, 11) is 0. The zero-order chi connectivity index (χ0) is 16.9. The third-order valence-corrected chi connectivity index (χ3v) is 3.96. The molecular weight excluding hydrogens is 300 g/mol. The number of rotatable bonds is 6. The van der Waals surface area contributed by atoms with Crippen molar-refractivity contribution < 1.29 is 9.53 Å². The fraction of sp³-hybridized carbons (Fsp3) is 0.300. The van der Waals surface area contributed by atoms with E-state index in [1.54, 1.807) is 6.08 Å². The largest absolute Gasteiger partial charge is 0.493 e. The van der Waals surface area contributed by atoms with E-state index in [0.717, 1.165) is 35.6 Å². The van der Waals surface area contributed by atoms with Crippen LogP contribution in [0.3, 0.4) is 0 Å². The number of nitrogens with one attached hydrogen (secondary N) is 1. The minimum atomic E-state index is -0.311. The average molecular weight is 320 g/mol. The van der Waals surface area contributed by atoms with Crippen LogP contribution in [0.1, 0.15) is 31.7 Å². The van der Waals surface area contributed by atoms with E-state index in [1.165, 1.54) is 0 Å². The van der Waals surface area contributed by atoms with Crippen molar-refractivity contribution in [1.82, 2.24) is 5.32 Å². The van der Waals surface area contributed by atoms with E-state index in [2.05, 4.69) is 5.32 Å². The van der Waals surface area contributed by atoms with E-state index >= 15 is 0 Å². The Bertz CT molecular complexity index is 829. The lowest BCUT2D eigenvalue weighted by atomic mass is 10.0. The van der Waals surface area contributed by atoms with Crippen LogP contribution in [0, 0.1) is 11.3 Å². The minimum Gasteiger partial charge on any atom is -0.493 e. The molecule has 1 amide bonds. The summed E-state index contributed by atoms with van der Waals surface area (Å²) in [4.78, 5) is 12.2. The number of benzene rings is 2. The molecule has 24 heavy (non-hydrogen) atoms. The van der Waals surface area contributed by atoms with Crippen LogP contribution in [0.2, 0.25) is 0 Å². The Balaban J connectivity index is 2.05. The summed E-state index contributed by atoms with van der Waals surface area (Å²) in [6, 6.07) is 14.0. The number of carbonyl (C=O) groups is 1. The summed E-state index contributed by atoms with van der Waals surface area (Å²) in [5.41, 5.74) is 0.892. The van der Waals surface area contributed by atoms with Crippen LogP contribution < -0.4 is 10.1 Å². The standard InChI is InChI=1S/C20H20N2O2/c1-2-11-24-19-10-7-14-5-3-4-6-17(14)18(19)12-15(13-21)20(23)22-16-8-9-16/h3-7,10,12,16H,2,8-9,11H2,1H3,(H,22,23)/b15-12+. The Morgan fingerprint density at radius 3 is 2.83 bits per heavy atom. The summed E-state index contributed by atoms with van der Waals surface area (Å²) >= 11 is 0. The number of hydrogen-bond acceptors (Lipinski definition) is 3. The minimum absolute atomic E-state index is 0.111. The molecule has 0 heterocycles. The van der Waals surface area contributed by atoms with Crippen LogP contribution in [0.4, 0.5) is 0 Å². The molecule has 0 saturated heterocycles. The van der Waals surface area contributed by atoms with Crippen LogP contribution in [0.25, 0.3) is 16.8 Å². The zero-order valence-corrected chi connectivity index (χ0v) is 13.7. The van der Waals surface area contributed by atoms with Crippen LogP contribution in [-0.2, 0) is 4.79 Å². The maximum absolute atomic E-state index is 12.2. The van der Waals surface area contributed by atoms with E-state index in [4.69, 9.17) is 4.74 Å². The summed E-state index contributed by atoms with van der Waals surface area (Å²) in [6.45, 7) is 2.63. The van der Waals surface area contributed by atoms with Crippen molar-refractivity contribution in [2.24, 2.45) is 0 Å². The van der Waals surface area contributed by atoms with Crippen molar-refractivity contribution in [3.8, 4) is 11.8 Å². The molecule has 0 unspecified atom stereocenters. The topological polar surface area (TPSA) is 62.1 Å². The highest BCUT2D eigenvalue weighted by molar-refractivity contribution is 6.05. The lowest BCUT2D eigenvalue weighted by Gasteiger charge is -2.12. The van der Waals surface area contributed by atoms with Crippen LogP contribution in [-0.4, -0.2) is 18.6 Å². The quantitative estimate of drug-likeness (QED) is 0.650. The smallest absolute Gasteiger partial charge is 0.262 e. The second kappa shape index (κ2) is 7.18. The molecule has 0 aromatic heterocycles. The zero-order valence-electron chi connectivity index (χ0n) is 13.7. The Hall–Kier alpha value is -2.80. The molecule has 0 bridgehead atoms. The highest BCUT2D eigenvalue weighted by Gasteiger charge is 2.25. The van der Waals surface area contributed by atoms with Gasteiger partial charge in [0.2, 0.25) is 0 Å². The van der Waals surface area contributed by atoms with Crippen LogP contribution >= 0.6 is 0 Å². The summed E-state index contributed by atoms with van der Waals surface area (Å²) in [5, 5.41) is 14.3. The molecule has 0 radical (unpaired) electrons. The van der Waals surface area contributed by atoms with Crippen LogP contribution in [0.15, 0.2) is 42.0 Å². The SMILES string of the molecule is CCCOc1ccc2ccccc2c1/C=C(\C#N)C(=O)NC1CC1. The molecule has 122 valence electrons. The maximum atomic E-state index is 12.2. The number of hydrogen-bond donors (Lipinski definition) is 1. The van der Waals surface area contributed by atoms with Gasteiger partial charge >= 0.3 is 0 Å². The van der Waals surface area contributed by atoms with Gasteiger partial charge in [0, 0.05) is 11.6 Å². The van der Waals surface area contributed by atoms with E-state index < -0.39 is 0 Å². The van der Waals surface area contributed by atoms with Crippen LogP contribution in [0.5, 0.6) is 5.75 Å². The van der Waals surface area contributed by atoms with Crippen molar-refractivity contribution in [3.05, 3.63) is 47.5 Å². The molecule has 1 aliphatic carbocycles. The number of carbonyl (C=O) groups excluding carboxylic acids is 1. The van der Waals surface area contributed by atoms with Gasteiger partial charge in [-0.25, -0.2) is 0 Å². The highest BCUT2D eigenvalue weighted by Crippen LogP contribution is 2.30. The fourth-order valence-electron chi connectivity index (χ4n) is 2.55. The summed E-state index contributed by atoms with van der Waals surface area (Å²) in [5.74, 6) is 0.386. The summed E-state index contributed by atoms with van der Waals surface area (Å²) in [6.07, 6.45) is 4.52. The molecule has 1 aliphatic rings. The van der Waals surface area contributed by atoms with Gasteiger partial charge in [0.15, 0.2) is 0 Å². The van der Waals surface area contributed by atoms with Gasteiger partial charge in [0.1, 0.15) is 17.4 Å². The number of fused-ring (bicyclic) bond motifs is 1. The predicted molar refractivity (Wildman–Crippen MR) is 94.5 cm³/mol. The molecule has 0 spiro atoms. The van der Waals surface area contributed by atoms with Crippen molar-refractivity contribution in [3.63, 3.8) is 0 Å².